The van der Waals surface area contributed by atoms with E-state index in [1.54, 1.807) is 0 Å². The number of hydrogen-bond donors (Lipinski definition) is 5. The van der Waals surface area contributed by atoms with E-state index in [9.17, 15) is 19.2 Å². The van der Waals surface area contributed by atoms with E-state index in [0.29, 0.717) is 17.8 Å². The third kappa shape index (κ3) is 8.09. The highest BCUT2D eigenvalue weighted by Crippen LogP contribution is 2.53. The van der Waals surface area contributed by atoms with Crippen molar-refractivity contribution in [3.05, 3.63) is 72.4 Å². The van der Waals surface area contributed by atoms with E-state index in [1.807, 2.05) is 38.8 Å². The van der Waals surface area contributed by atoms with Crippen molar-refractivity contribution < 1.29 is 28.7 Å². The summed E-state index contributed by atoms with van der Waals surface area (Å²) < 4.78 is 9.51. The molecule has 3 fully saturated rings. The molecule has 2 saturated carbocycles. The van der Waals surface area contributed by atoms with Crippen molar-refractivity contribution in [3.63, 3.8) is 0 Å². The van der Waals surface area contributed by atoms with Gasteiger partial charge in [0.2, 0.25) is 11.8 Å². The summed E-state index contributed by atoms with van der Waals surface area (Å²) in [5, 5.41) is 10.7. The Morgan fingerprint density at radius 2 is 1.47 bits per heavy atom. The molecule has 4 amide bonds. The molecule has 14 heteroatoms. The summed E-state index contributed by atoms with van der Waals surface area (Å²) in [7, 11) is 2.59. The zero-order valence-electron chi connectivity index (χ0n) is 34.7. The van der Waals surface area contributed by atoms with Crippen LogP contribution in [-0.4, -0.2) is 87.2 Å². The number of aromatic amines is 2. The summed E-state index contributed by atoms with van der Waals surface area (Å²) in [6.45, 7) is 9.78. The first-order chi connectivity index (χ1) is 28.3. The van der Waals surface area contributed by atoms with Crippen LogP contribution in [-0.2, 0) is 25.5 Å². The average Bonchev–Trinajstić information content (AvgIpc) is 3.81. The Labute approximate surface area is 343 Å². The lowest BCUT2D eigenvalue weighted by Crippen LogP contribution is -2.52. The minimum atomic E-state index is -0.675. The number of carbonyl (C=O) groups excluding carboxylic acids is 4. The van der Waals surface area contributed by atoms with Crippen LogP contribution >= 0.6 is 0 Å². The van der Waals surface area contributed by atoms with Crippen LogP contribution < -0.4 is 16.0 Å². The summed E-state index contributed by atoms with van der Waals surface area (Å²) in [5.41, 5.74) is 5.97. The minimum Gasteiger partial charge on any atom is -0.453 e. The van der Waals surface area contributed by atoms with E-state index in [2.05, 4.69) is 87.4 Å². The predicted octanol–water partition coefficient (Wildman–Crippen LogP) is 6.88. The first-order valence-electron chi connectivity index (χ1n) is 20.7. The predicted molar refractivity (Wildman–Crippen MR) is 224 cm³/mol. The lowest BCUT2D eigenvalue weighted by atomic mass is 9.99. The summed E-state index contributed by atoms with van der Waals surface area (Å²) in [4.78, 5) is 69.2. The molecule has 59 heavy (non-hydrogen) atoms. The normalized spacial score (nSPS) is 22.9. The molecule has 3 heterocycles. The third-order valence-corrected chi connectivity index (χ3v) is 12.7. The highest BCUT2D eigenvalue weighted by Gasteiger charge is 2.56. The Hall–Kier alpha value is -5.92. The standard InChI is InChI=1S/C45H54N8O6/c1-22(2)38(51-44(56)58-6)42(54)50-40-24(5)31(40)13-15-37-47-32-14-12-28(18-33(32)48-37)26-8-9-27-17-29(11-10-25(27)16-26)34-21-46-41(49-34)36-20-30-19-35(30)53(36)43(55)39(23(3)4)52-45(57)59-7/h8-12,14,16-18,21-24,30-31,35-36,38-40H,13,15,19-20H2,1-7H3,(H,46,49)(H,47,48)(H,50,54)(H,51,56)(H,52,57)/t24-,30-,31+,35-,36+,38+,39+,40-/m1/s1. The maximum absolute atomic E-state index is 13.8. The Kier molecular flexibility index (Phi) is 10.8. The first kappa shape index (κ1) is 39.9. The van der Waals surface area contributed by atoms with Crippen molar-refractivity contribution in [2.24, 2.45) is 29.6 Å². The van der Waals surface area contributed by atoms with E-state index < -0.39 is 24.3 Å². The van der Waals surface area contributed by atoms with Gasteiger partial charge in [0.05, 0.1) is 43.2 Å². The smallest absolute Gasteiger partial charge is 0.407 e. The van der Waals surface area contributed by atoms with Gasteiger partial charge >= 0.3 is 12.2 Å². The van der Waals surface area contributed by atoms with Gasteiger partial charge < -0.3 is 40.3 Å². The van der Waals surface area contributed by atoms with Gasteiger partial charge in [-0.15, -0.1) is 0 Å². The zero-order valence-corrected chi connectivity index (χ0v) is 34.7. The van der Waals surface area contributed by atoms with E-state index in [4.69, 9.17) is 19.4 Å². The second-order valence-electron chi connectivity index (χ2n) is 17.2. The number of imidazole rings is 2. The molecule has 0 spiro atoms. The number of nitrogens with zero attached hydrogens (tertiary/aromatic N) is 3. The molecule has 2 aliphatic carbocycles. The number of ether oxygens (including phenoxy) is 2. The van der Waals surface area contributed by atoms with Crippen LogP contribution in [0.25, 0.3) is 44.2 Å². The van der Waals surface area contributed by atoms with Crippen LogP contribution in [0.2, 0.25) is 0 Å². The lowest BCUT2D eigenvalue weighted by molar-refractivity contribution is -0.136. The van der Waals surface area contributed by atoms with Crippen molar-refractivity contribution in [3.8, 4) is 22.4 Å². The van der Waals surface area contributed by atoms with Gasteiger partial charge in [-0.25, -0.2) is 19.6 Å². The Morgan fingerprint density at radius 1 is 0.831 bits per heavy atom. The van der Waals surface area contributed by atoms with Gasteiger partial charge in [-0.1, -0.05) is 65.0 Å². The summed E-state index contributed by atoms with van der Waals surface area (Å²) in [6, 6.07) is 17.9. The molecule has 1 saturated heterocycles. The van der Waals surface area contributed by atoms with E-state index in [-0.39, 0.29) is 41.8 Å². The summed E-state index contributed by atoms with van der Waals surface area (Å²) >= 11 is 0. The molecule has 5 aromatic rings. The number of likely N-dealkylation sites (tertiary alicyclic amines) is 1. The Bertz CT molecular complexity index is 2400. The Balaban J connectivity index is 0.912. The number of benzene rings is 3. The molecular weight excluding hydrogens is 749 g/mol. The molecular formula is C45H54N8O6. The molecule has 14 nitrogen and oxygen atoms in total. The summed E-state index contributed by atoms with van der Waals surface area (Å²) in [5.74, 6) is 2.35. The first-order valence-corrected chi connectivity index (χ1v) is 20.7. The molecule has 0 unspecified atom stereocenters. The van der Waals surface area contributed by atoms with Gasteiger partial charge in [-0.2, -0.15) is 0 Å². The number of nitrogens with one attached hydrogen (secondary N) is 5. The van der Waals surface area contributed by atoms with Gasteiger partial charge in [-0.05, 0) is 95.0 Å². The number of amides is 4. The molecule has 1 aliphatic heterocycles. The largest absolute Gasteiger partial charge is 0.453 e. The molecule has 8 rings (SSSR count). The number of carbonyl (C=O) groups is 4. The maximum atomic E-state index is 13.8. The second-order valence-corrected chi connectivity index (χ2v) is 17.2. The monoisotopic (exact) mass is 802 g/mol. The quantitative estimate of drug-likeness (QED) is 0.0854. The number of fused-ring (bicyclic) bond motifs is 3. The highest BCUT2D eigenvalue weighted by atomic mass is 16.5. The number of alkyl carbamates (subject to hydrolysis) is 2. The van der Waals surface area contributed by atoms with Crippen LogP contribution in [0.15, 0.2) is 60.8 Å². The second kappa shape index (κ2) is 16.0. The van der Waals surface area contributed by atoms with Crippen LogP contribution in [0, 0.1) is 29.6 Å². The van der Waals surface area contributed by atoms with Crippen molar-refractivity contribution in [2.75, 3.05) is 14.2 Å². The van der Waals surface area contributed by atoms with Crippen LogP contribution in [0.5, 0.6) is 0 Å². The van der Waals surface area contributed by atoms with Crippen molar-refractivity contribution >= 4 is 45.8 Å². The Morgan fingerprint density at radius 3 is 2.17 bits per heavy atom. The molecule has 0 bridgehead atoms. The van der Waals surface area contributed by atoms with Crippen molar-refractivity contribution in [2.45, 2.75) is 90.5 Å². The number of rotatable bonds is 13. The fourth-order valence-electron chi connectivity index (χ4n) is 8.99. The van der Waals surface area contributed by atoms with Crippen LogP contribution in [0.4, 0.5) is 9.59 Å². The highest BCUT2D eigenvalue weighted by molar-refractivity contribution is 5.92. The van der Waals surface area contributed by atoms with E-state index in [1.165, 1.54) is 14.2 Å². The molecule has 310 valence electrons. The molecule has 2 aromatic heterocycles. The van der Waals surface area contributed by atoms with Gasteiger partial charge in [0.1, 0.15) is 23.7 Å². The number of aromatic nitrogens is 4. The van der Waals surface area contributed by atoms with Crippen LogP contribution in [0.1, 0.15) is 71.6 Å². The molecule has 3 aliphatic rings. The van der Waals surface area contributed by atoms with Gasteiger partial charge in [0, 0.05) is 24.1 Å². The number of piperidine rings is 1. The maximum Gasteiger partial charge on any atom is 0.407 e. The van der Waals surface area contributed by atoms with Gasteiger partial charge in [0.15, 0.2) is 0 Å². The number of hydrogen-bond acceptors (Lipinski definition) is 8. The fourth-order valence-corrected chi connectivity index (χ4v) is 8.99. The van der Waals surface area contributed by atoms with Gasteiger partial charge in [-0.3, -0.25) is 9.59 Å². The zero-order chi connectivity index (χ0) is 41.7. The fraction of sp³-hybridized carbons (Fsp3) is 0.467. The number of H-pyrrole nitrogens is 2. The van der Waals surface area contributed by atoms with Crippen molar-refractivity contribution in [1.29, 1.82) is 0 Å². The third-order valence-electron chi connectivity index (χ3n) is 12.7. The van der Waals surface area contributed by atoms with Crippen LogP contribution in [0.3, 0.4) is 0 Å². The van der Waals surface area contributed by atoms with Gasteiger partial charge in [0.25, 0.3) is 0 Å². The summed E-state index contributed by atoms with van der Waals surface area (Å²) in [6.07, 6.45) is 4.09. The molecule has 8 atom stereocenters. The van der Waals surface area contributed by atoms with Crippen molar-refractivity contribution in [1.82, 2.24) is 40.8 Å². The molecule has 0 radical (unpaired) electrons. The lowest BCUT2D eigenvalue weighted by Gasteiger charge is -2.31. The average molecular weight is 803 g/mol. The molecule has 3 aromatic carbocycles. The minimum absolute atomic E-state index is 0.0626. The number of aryl methyl sites for hydroxylation is 1. The topological polar surface area (TPSA) is 183 Å². The number of methoxy groups -OCH3 is 2. The van der Waals surface area contributed by atoms with E-state index in [0.717, 1.165) is 81.5 Å². The van der Waals surface area contributed by atoms with E-state index >= 15 is 0 Å². The SMILES string of the molecule is COC(=O)N[C@H](C(=O)N[C@@H]1[C@H](C)[C@@H]1CCc1nc2ccc(-c3ccc4cc(-c5cnc([C@@H]6C[C@H]7C[C@H]7N6C(=O)[C@@H](NC(=O)OC)C(C)C)[nH]5)ccc4c3)cc2[nH]1)C(C)C. The molecule has 5 N–H and O–H groups in total.